The highest BCUT2D eigenvalue weighted by molar-refractivity contribution is 4.99. The van der Waals surface area contributed by atoms with Crippen molar-refractivity contribution >= 4 is 0 Å². The molecule has 0 heterocycles. The Morgan fingerprint density at radius 2 is 1.40 bits per heavy atom. The lowest BCUT2D eigenvalue weighted by atomic mass is 10.0. The molecule has 0 aliphatic heterocycles. The Labute approximate surface area is 61.8 Å². The van der Waals surface area contributed by atoms with Crippen LogP contribution in [-0.4, -0.2) is 26.4 Å². The number of hydrogen-bond acceptors (Lipinski definition) is 2. The molecule has 0 aromatic rings. The van der Waals surface area contributed by atoms with Crippen molar-refractivity contribution in [2.75, 3.05) is 14.2 Å². The maximum atomic E-state index is 5.14. The molecule has 0 radical (unpaired) electrons. The lowest BCUT2D eigenvalue weighted by Crippen LogP contribution is -2.19. The van der Waals surface area contributed by atoms with Crippen molar-refractivity contribution in [3.8, 4) is 0 Å². The normalized spacial score (nSPS) is 32.6. The lowest BCUT2D eigenvalue weighted by molar-refractivity contribution is 0.0799. The minimum absolute atomic E-state index is 0.311. The van der Waals surface area contributed by atoms with E-state index in [0.717, 1.165) is 12.8 Å². The van der Waals surface area contributed by atoms with Crippen molar-refractivity contribution in [2.24, 2.45) is 0 Å². The number of methoxy groups -OCH3 is 2. The smallest absolute Gasteiger partial charge is 0.0754 e. The zero-order valence-electron chi connectivity index (χ0n) is 6.54. The van der Waals surface area contributed by atoms with Gasteiger partial charge in [-0.2, -0.15) is 0 Å². The van der Waals surface area contributed by atoms with Crippen LogP contribution in [0.3, 0.4) is 0 Å². The van der Waals surface area contributed by atoms with Crippen LogP contribution in [0, 0.1) is 0 Å². The molecule has 1 aliphatic carbocycles. The Hall–Kier alpha value is -0.340. The summed E-state index contributed by atoms with van der Waals surface area (Å²) in [5.41, 5.74) is 0. The second-order valence-electron chi connectivity index (χ2n) is 2.51. The molecule has 0 saturated carbocycles. The average Bonchev–Trinajstić information content (AvgIpc) is 2.05. The Bertz CT molecular complexity index is 106. The van der Waals surface area contributed by atoms with E-state index in [1.54, 1.807) is 14.2 Å². The summed E-state index contributed by atoms with van der Waals surface area (Å²) in [4.78, 5) is 0. The number of ether oxygens (including phenoxy) is 2. The van der Waals surface area contributed by atoms with Crippen molar-refractivity contribution < 1.29 is 9.47 Å². The van der Waals surface area contributed by atoms with Crippen LogP contribution in [0.25, 0.3) is 0 Å². The van der Waals surface area contributed by atoms with Gasteiger partial charge in [-0.15, -0.1) is 0 Å². The maximum absolute atomic E-state index is 5.14. The van der Waals surface area contributed by atoms with Crippen LogP contribution in [0.5, 0.6) is 0 Å². The zero-order chi connectivity index (χ0) is 7.40. The van der Waals surface area contributed by atoms with Gasteiger partial charge in [-0.1, -0.05) is 12.2 Å². The molecule has 2 atom stereocenters. The predicted molar refractivity (Wildman–Crippen MR) is 40.0 cm³/mol. The largest absolute Gasteiger partial charge is 0.377 e. The van der Waals surface area contributed by atoms with Gasteiger partial charge in [0, 0.05) is 14.2 Å². The van der Waals surface area contributed by atoms with Gasteiger partial charge in [-0.3, -0.25) is 0 Å². The van der Waals surface area contributed by atoms with E-state index in [-0.39, 0.29) is 0 Å². The molecule has 1 aliphatic rings. The van der Waals surface area contributed by atoms with Gasteiger partial charge in [-0.25, -0.2) is 0 Å². The Kier molecular flexibility index (Phi) is 2.90. The van der Waals surface area contributed by atoms with E-state index in [1.165, 1.54) is 0 Å². The van der Waals surface area contributed by atoms with E-state index in [1.807, 2.05) is 0 Å². The summed E-state index contributed by atoms with van der Waals surface area (Å²) >= 11 is 0. The minimum atomic E-state index is 0.311. The third-order valence-electron chi connectivity index (χ3n) is 1.88. The van der Waals surface area contributed by atoms with E-state index >= 15 is 0 Å². The van der Waals surface area contributed by atoms with Crippen LogP contribution >= 0.6 is 0 Å². The Morgan fingerprint density at radius 1 is 1.00 bits per heavy atom. The van der Waals surface area contributed by atoms with Crippen molar-refractivity contribution in [3.63, 3.8) is 0 Å². The lowest BCUT2D eigenvalue weighted by Gasteiger charge is -2.20. The molecular formula is C8H14O2. The van der Waals surface area contributed by atoms with E-state index in [4.69, 9.17) is 9.47 Å². The standard InChI is InChI=1S/C8H14O2/c1-9-7-3-5-8(10-2)6-4-7/h3,5,7-8H,4,6H2,1-2H3. The summed E-state index contributed by atoms with van der Waals surface area (Å²) in [6, 6.07) is 0. The van der Waals surface area contributed by atoms with E-state index in [0.29, 0.717) is 12.2 Å². The quantitative estimate of drug-likeness (QED) is 0.542. The molecule has 0 spiro atoms. The fourth-order valence-electron chi connectivity index (χ4n) is 1.16. The molecular weight excluding hydrogens is 128 g/mol. The highest BCUT2D eigenvalue weighted by atomic mass is 16.5. The summed E-state index contributed by atoms with van der Waals surface area (Å²) in [5.74, 6) is 0. The molecule has 0 amide bonds. The molecule has 0 saturated heterocycles. The Morgan fingerprint density at radius 3 is 1.60 bits per heavy atom. The van der Waals surface area contributed by atoms with Gasteiger partial charge < -0.3 is 9.47 Å². The van der Waals surface area contributed by atoms with Crippen LogP contribution in [0.15, 0.2) is 12.2 Å². The zero-order valence-corrected chi connectivity index (χ0v) is 6.54. The number of rotatable bonds is 2. The Balaban J connectivity index is 2.36. The SMILES string of the molecule is COC1C=CC(OC)CC1. The molecule has 0 aromatic carbocycles. The van der Waals surface area contributed by atoms with Crippen LogP contribution in [0.1, 0.15) is 12.8 Å². The highest BCUT2D eigenvalue weighted by Crippen LogP contribution is 2.15. The second kappa shape index (κ2) is 3.74. The van der Waals surface area contributed by atoms with Crippen LogP contribution in [-0.2, 0) is 9.47 Å². The third kappa shape index (κ3) is 1.82. The summed E-state index contributed by atoms with van der Waals surface area (Å²) in [6.07, 6.45) is 6.91. The van der Waals surface area contributed by atoms with Crippen LogP contribution in [0.4, 0.5) is 0 Å². The molecule has 0 aromatic heterocycles. The van der Waals surface area contributed by atoms with Gasteiger partial charge in [0.2, 0.25) is 0 Å². The summed E-state index contributed by atoms with van der Waals surface area (Å²) in [5, 5.41) is 0. The fourth-order valence-corrected chi connectivity index (χ4v) is 1.16. The first-order chi connectivity index (χ1) is 4.86. The van der Waals surface area contributed by atoms with Crippen LogP contribution < -0.4 is 0 Å². The molecule has 0 bridgehead atoms. The molecule has 2 heteroatoms. The van der Waals surface area contributed by atoms with E-state index in [2.05, 4.69) is 12.2 Å². The van der Waals surface area contributed by atoms with Gasteiger partial charge in [0.25, 0.3) is 0 Å². The summed E-state index contributed by atoms with van der Waals surface area (Å²) in [7, 11) is 3.48. The first-order valence-electron chi connectivity index (χ1n) is 3.60. The van der Waals surface area contributed by atoms with Crippen LogP contribution in [0.2, 0.25) is 0 Å². The monoisotopic (exact) mass is 142 g/mol. The first kappa shape index (κ1) is 7.76. The third-order valence-corrected chi connectivity index (χ3v) is 1.88. The first-order valence-corrected chi connectivity index (χ1v) is 3.60. The van der Waals surface area contributed by atoms with Gasteiger partial charge in [0.1, 0.15) is 0 Å². The minimum Gasteiger partial charge on any atom is -0.377 e. The van der Waals surface area contributed by atoms with E-state index < -0.39 is 0 Å². The molecule has 10 heavy (non-hydrogen) atoms. The molecule has 2 nitrogen and oxygen atoms in total. The molecule has 1 rings (SSSR count). The number of hydrogen-bond donors (Lipinski definition) is 0. The van der Waals surface area contributed by atoms with Crippen molar-refractivity contribution in [3.05, 3.63) is 12.2 Å². The molecule has 58 valence electrons. The highest BCUT2D eigenvalue weighted by Gasteiger charge is 2.13. The van der Waals surface area contributed by atoms with E-state index in [9.17, 15) is 0 Å². The summed E-state index contributed by atoms with van der Waals surface area (Å²) < 4.78 is 10.3. The topological polar surface area (TPSA) is 18.5 Å². The van der Waals surface area contributed by atoms with Gasteiger partial charge >= 0.3 is 0 Å². The van der Waals surface area contributed by atoms with Crippen molar-refractivity contribution in [1.29, 1.82) is 0 Å². The average molecular weight is 142 g/mol. The molecule has 2 unspecified atom stereocenters. The van der Waals surface area contributed by atoms with Crippen molar-refractivity contribution in [1.82, 2.24) is 0 Å². The van der Waals surface area contributed by atoms with Gasteiger partial charge in [0.05, 0.1) is 12.2 Å². The van der Waals surface area contributed by atoms with Crippen molar-refractivity contribution in [2.45, 2.75) is 25.0 Å². The van der Waals surface area contributed by atoms with Gasteiger partial charge in [0.15, 0.2) is 0 Å². The molecule has 0 N–H and O–H groups in total. The van der Waals surface area contributed by atoms with Gasteiger partial charge in [-0.05, 0) is 12.8 Å². The maximum Gasteiger partial charge on any atom is 0.0754 e. The fraction of sp³-hybridized carbons (Fsp3) is 0.750. The second-order valence-corrected chi connectivity index (χ2v) is 2.51. The summed E-state index contributed by atoms with van der Waals surface area (Å²) in [6.45, 7) is 0. The predicted octanol–water partition coefficient (Wildman–Crippen LogP) is 1.37. The molecule has 0 fully saturated rings.